The standard InChI is InChI=1S/C12H17N5OS/c1-2-8(3-1)11-14-15-12-17(11)16-10(19-12)6-9-7-18-5-4-13-9/h8-9,13H,1-7H2. The minimum absolute atomic E-state index is 0.379. The van der Waals surface area contributed by atoms with E-state index in [4.69, 9.17) is 4.74 Å². The largest absolute Gasteiger partial charge is 0.379 e. The zero-order valence-electron chi connectivity index (χ0n) is 10.7. The first-order valence-corrected chi connectivity index (χ1v) is 7.74. The lowest BCUT2D eigenvalue weighted by atomic mass is 9.85. The summed E-state index contributed by atoms with van der Waals surface area (Å²) in [5.74, 6) is 1.62. The smallest absolute Gasteiger partial charge is 0.234 e. The number of hydrogen-bond acceptors (Lipinski definition) is 6. The molecule has 2 fully saturated rings. The number of nitrogens with zero attached hydrogens (tertiary/aromatic N) is 4. The minimum Gasteiger partial charge on any atom is -0.379 e. The van der Waals surface area contributed by atoms with E-state index in [1.54, 1.807) is 11.3 Å². The van der Waals surface area contributed by atoms with E-state index in [1.165, 1.54) is 19.3 Å². The normalized spacial score (nSPS) is 24.7. The fourth-order valence-electron chi connectivity index (χ4n) is 2.64. The number of nitrogens with one attached hydrogen (secondary N) is 1. The molecular formula is C12H17N5OS. The number of aromatic nitrogens is 4. The Balaban J connectivity index is 1.55. The molecule has 2 aromatic heterocycles. The summed E-state index contributed by atoms with van der Waals surface area (Å²) >= 11 is 1.65. The van der Waals surface area contributed by atoms with Gasteiger partial charge in [-0.3, -0.25) is 0 Å². The molecule has 2 aromatic rings. The van der Waals surface area contributed by atoms with Gasteiger partial charge in [0.05, 0.1) is 13.2 Å². The minimum atomic E-state index is 0.379. The SMILES string of the molecule is C1CC(c2nnc3sc(CC4COCCN4)nn23)C1. The van der Waals surface area contributed by atoms with Crippen molar-refractivity contribution >= 4 is 16.3 Å². The lowest BCUT2D eigenvalue weighted by Gasteiger charge is -2.23. The second-order valence-corrected chi connectivity index (χ2v) is 6.35. The molecule has 102 valence electrons. The molecular weight excluding hydrogens is 262 g/mol. The van der Waals surface area contributed by atoms with Gasteiger partial charge in [0.1, 0.15) is 5.01 Å². The Morgan fingerprint density at radius 1 is 1.37 bits per heavy atom. The van der Waals surface area contributed by atoms with Gasteiger partial charge >= 0.3 is 0 Å². The first-order valence-electron chi connectivity index (χ1n) is 6.92. The van der Waals surface area contributed by atoms with Gasteiger partial charge in [-0.25, -0.2) is 0 Å². The van der Waals surface area contributed by atoms with Crippen LogP contribution in [0.15, 0.2) is 0 Å². The zero-order valence-corrected chi connectivity index (χ0v) is 11.5. The van der Waals surface area contributed by atoms with Crippen molar-refractivity contribution in [3.05, 3.63) is 10.8 Å². The highest BCUT2D eigenvalue weighted by molar-refractivity contribution is 7.16. The fourth-order valence-corrected chi connectivity index (χ4v) is 3.56. The summed E-state index contributed by atoms with van der Waals surface area (Å²) in [6, 6.07) is 0.379. The van der Waals surface area contributed by atoms with Gasteiger partial charge in [-0.2, -0.15) is 9.61 Å². The molecule has 4 rings (SSSR count). The molecule has 0 radical (unpaired) electrons. The first kappa shape index (κ1) is 11.7. The number of ether oxygens (including phenoxy) is 1. The second-order valence-electron chi connectivity index (χ2n) is 5.31. The Morgan fingerprint density at radius 2 is 2.32 bits per heavy atom. The molecule has 1 atom stereocenters. The third-order valence-corrected chi connectivity index (χ3v) is 4.87. The van der Waals surface area contributed by atoms with Crippen LogP contribution in [0.3, 0.4) is 0 Å². The average Bonchev–Trinajstić information content (AvgIpc) is 2.90. The molecule has 19 heavy (non-hydrogen) atoms. The summed E-state index contributed by atoms with van der Waals surface area (Å²) in [5, 5.41) is 17.8. The third-order valence-electron chi connectivity index (χ3n) is 3.95. The van der Waals surface area contributed by atoms with Gasteiger partial charge < -0.3 is 10.1 Å². The monoisotopic (exact) mass is 279 g/mol. The predicted octanol–water partition coefficient (Wildman–Crippen LogP) is 0.984. The van der Waals surface area contributed by atoms with Crippen molar-refractivity contribution in [3.63, 3.8) is 0 Å². The van der Waals surface area contributed by atoms with Crippen LogP contribution in [0.25, 0.3) is 4.96 Å². The Hall–Kier alpha value is -1.05. The maximum absolute atomic E-state index is 5.48. The number of rotatable bonds is 3. The van der Waals surface area contributed by atoms with Crippen molar-refractivity contribution in [2.45, 2.75) is 37.6 Å². The molecule has 1 saturated heterocycles. The summed E-state index contributed by atoms with van der Waals surface area (Å²) in [6.45, 7) is 2.52. The molecule has 6 nitrogen and oxygen atoms in total. The van der Waals surface area contributed by atoms with Gasteiger partial charge in [0.15, 0.2) is 5.82 Å². The van der Waals surface area contributed by atoms with Gasteiger partial charge in [0.25, 0.3) is 0 Å². The molecule has 0 aromatic carbocycles. The molecule has 1 aliphatic carbocycles. The van der Waals surface area contributed by atoms with Gasteiger partial charge in [0, 0.05) is 24.9 Å². The van der Waals surface area contributed by atoms with E-state index < -0.39 is 0 Å². The Bertz CT molecular complexity index is 570. The summed E-state index contributed by atoms with van der Waals surface area (Å²) in [5.41, 5.74) is 0. The van der Waals surface area contributed by atoms with Crippen LogP contribution in [0.4, 0.5) is 0 Å². The van der Waals surface area contributed by atoms with Gasteiger partial charge in [-0.05, 0) is 12.8 Å². The highest BCUT2D eigenvalue weighted by Crippen LogP contribution is 2.35. The highest BCUT2D eigenvalue weighted by atomic mass is 32.1. The van der Waals surface area contributed by atoms with Gasteiger partial charge in [0.2, 0.25) is 4.96 Å². The Labute approximate surface area is 115 Å². The van der Waals surface area contributed by atoms with E-state index >= 15 is 0 Å². The lowest BCUT2D eigenvalue weighted by Crippen LogP contribution is -2.42. The van der Waals surface area contributed by atoms with Crippen LogP contribution in [0, 0.1) is 0 Å². The van der Waals surface area contributed by atoms with Crippen LogP contribution < -0.4 is 5.32 Å². The molecule has 3 heterocycles. The Kier molecular flexibility index (Phi) is 2.97. The molecule has 1 N–H and O–H groups in total. The molecule has 1 saturated carbocycles. The summed E-state index contributed by atoms with van der Waals surface area (Å²) in [6.07, 6.45) is 4.68. The third kappa shape index (κ3) is 2.15. The van der Waals surface area contributed by atoms with Crippen LogP contribution >= 0.6 is 11.3 Å². The first-order chi connectivity index (χ1) is 9.40. The van der Waals surface area contributed by atoms with Crippen LogP contribution in [-0.2, 0) is 11.2 Å². The summed E-state index contributed by atoms with van der Waals surface area (Å²) < 4.78 is 7.43. The van der Waals surface area contributed by atoms with E-state index in [1.807, 2.05) is 4.52 Å². The highest BCUT2D eigenvalue weighted by Gasteiger charge is 2.26. The van der Waals surface area contributed by atoms with E-state index in [0.29, 0.717) is 12.0 Å². The van der Waals surface area contributed by atoms with E-state index in [-0.39, 0.29) is 0 Å². The van der Waals surface area contributed by atoms with Crippen molar-refractivity contribution in [1.29, 1.82) is 0 Å². The van der Waals surface area contributed by atoms with Crippen LogP contribution in [-0.4, -0.2) is 45.6 Å². The van der Waals surface area contributed by atoms with Crippen molar-refractivity contribution in [2.75, 3.05) is 19.8 Å². The molecule has 1 unspecified atom stereocenters. The van der Waals surface area contributed by atoms with Crippen molar-refractivity contribution in [2.24, 2.45) is 0 Å². The van der Waals surface area contributed by atoms with Crippen molar-refractivity contribution in [1.82, 2.24) is 25.1 Å². The number of fused-ring (bicyclic) bond motifs is 1. The van der Waals surface area contributed by atoms with Gasteiger partial charge in [-0.1, -0.05) is 17.8 Å². The lowest BCUT2D eigenvalue weighted by molar-refractivity contribution is 0.0769. The molecule has 7 heteroatoms. The topological polar surface area (TPSA) is 64.3 Å². The maximum atomic E-state index is 5.48. The summed E-state index contributed by atoms with van der Waals surface area (Å²) in [7, 11) is 0. The van der Waals surface area contributed by atoms with E-state index in [0.717, 1.165) is 42.0 Å². The quantitative estimate of drug-likeness (QED) is 0.907. The molecule has 0 amide bonds. The van der Waals surface area contributed by atoms with E-state index in [9.17, 15) is 0 Å². The molecule has 1 aliphatic heterocycles. The van der Waals surface area contributed by atoms with Crippen LogP contribution in [0.2, 0.25) is 0 Å². The summed E-state index contributed by atoms with van der Waals surface area (Å²) in [4.78, 5) is 0.925. The van der Waals surface area contributed by atoms with Gasteiger partial charge in [-0.15, -0.1) is 10.2 Å². The van der Waals surface area contributed by atoms with E-state index in [2.05, 4.69) is 20.6 Å². The number of morpholine rings is 1. The Morgan fingerprint density at radius 3 is 3.05 bits per heavy atom. The van der Waals surface area contributed by atoms with Crippen molar-refractivity contribution in [3.8, 4) is 0 Å². The van der Waals surface area contributed by atoms with Crippen LogP contribution in [0.1, 0.15) is 36.0 Å². The average molecular weight is 279 g/mol. The molecule has 0 bridgehead atoms. The fraction of sp³-hybridized carbons (Fsp3) is 0.750. The van der Waals surface area contributed by atoms with Crippen LogP contribution in [0.5, 0.6) is 0 Å². The maximum Gasteiger partial charge on any atom is 0.234 e. The number of hydrogen-bond donors (Lipinski definition) is 1. The predicted molar refractivity (Wildman–Crippen MR) is 71.6 cm³/mol. The zero-order chi connectivity index (χ0) is 12.7. The second kappa shape index (κ2) is 4.81. The molecule has 2 aliphatic rings. The van der Waals surface area contributed by atoms with Crippen molar-refractivity contribution < 1.29 is 4.74 Å². The molecule has 0 spiro atoms.